The number of ether oxygens (including phenoxy) is 1. The molecule has 26 heavy (non-hydrogen) atoms. The molecule has 2 amide bonds. The highest BCUT2D eigenvalue weighted by Gasteiger charge is 2.52. The minimum absolute atomic E-state index is 0.107. The summed E-state index contributed by atoms with van der Waals surface area (Å²) in [6, 6.07) is 3.44. The Morgan fingerprint density at radius 2 is 1.96 bits per heavy atom. The van der Waals surface area contributed by atoms with Gasteiger partial charge in [0.2, 0.25) is 11.8 Å². The van der Waals surface area contributed by atoms with Crippen molar-refractivity contribution in [1.82, 2.24) is 14.8 Å². The Morgan fingerprint density at radius 1 is 1.19 bits per heavy atom. The standard InChI is InChI=1S/C18H21F2N3O3/c19-18(20)8-14(9-18)16(25)22-5-3-17(11-22)12-23(6-7-26-17)15(24)13-2-1-4-21-10-13/h1-2,4,10,14H,3,5-9,11-12H2. The van der Waals surface area contributed by atoms with Crippen LogP contribution in [-0.2, 0) is 9.53 Å². The maximum Gasteiger partial charge on any atom is 0.255 e. The number of pyridine rings is 1. The van der Waals surface area contributed by atoms with Crippen LogP contribution in [0.25, 0.3) is 0 Å². The summed E-state index contributed by atoms with van der Waals surface area (Å²) in [6.07, 6.45) is 3.04. The fourth-order valence-corrected chi connectivity index (χ4v) is 4.06. The third-order valence-corrected chi connectivity index (χ3v) is 5.51. The van der Waals surface area contributed by atoms with Crippen LogP contribution in [0.15, 0.2) is 24.5 Å². The molecule has 1 atom stereocenters. The molecular formula is C18H21F2N3O3. The number of carbonyl (C=O) groups excluding carboxylic acids is 2. The molecule has 2 saturated heterocycles. The fourth-order valence-electron chi connectivity index (χ4n) is 4.06. The zero-order valence-corrected chi connectivity index (χ0v) is 14.4. The monoisotopic (exact) mass is 365 g/mol. The molecule has 1 aromatic rings. The van der Waals surface area contributed by atoms with Crippen LogP contribution in [0.3, 0.4) is 0 Å². The molecule has 1 unspecified atom stereocenters. The smallest absolute Gasteiger partial charge is 0.255 e. The van der Waals surface area contributed by atoms with Gasteiger partial charge in [-0.15, -0.1) is 0 Å². The lowest BCUT2D eigenvalue weighted by Crippen LogP contribution is -2.55. The molecule has 140 valence electrons. The van der Waals surface area contributed by atoms with E-state index in [0.717, 1.165) is 0 Å². The van der Waals surface area contributed by atoms with Gasteiger partial charge in [-0.3, -0.25) is 14.6 Å². The Balaban J connectivity index is 1.40. The summed E-state index contributed by atoms with van der Waals surface area (Å²) in [5.41, 5.74) is -0.0786. The number of halogens is 2. The van der Waals surface area contributed by atoms with E-state index in [0.29, 0.717) is 44.8 Å². The topological polar surface area (TPSA) is 62.7 Å². The maximum absolute atomic E-state index is 13.0. The average Bonchev–Trinajstić information content (AvgIpc) is 3.02. The minimum Gasteiger partial charge on any atom is -0.369 e. The van der Waals surface area contributed by atoms with Gasteiger partial charge in [-0.2, -0.15) is 0 Å². The molecule has 0 radical (unpaired) electrons. The Morgan fingerprint density at radius 3 is 2.65 bits per heavy atom. The minimum atomic E-state index is -2.70. The van der Waals surface area contributed by atoms with Gasteiger partial charge in [-0.05, 0) is 18.6 Å². The third-order valence-electron chi connectivity index (χ3n) is 5.51. The van der Waals surface area contributed by atoms with Gasteiger partial charge >= 0.3 is 0 Å². The van der Waals surface area contributed by atoms with E-state index in [-0.39, 0.29) is 24.7 Å². The molecule has 1 aliphatic carbocycles. The number of morpholine rings is 1. The van der Waals surface area contributed by atoms with E-state index in [4.69, 9.17) is 4.74 Å². The largest absolute Gasteiger partial charge is 0.369 e. The number of carbonyl (C=O) groups is 2. The Labute approximate surface area is 150 Å². The van der Waals surface area contributed by atoms with E-state index in [9.17, 15) is 18.4 Å². The summed E-state index contributed by atoms with van der Waals surface area (Å²) in [6.45, 7) is 2.11. The van der Waals surface area contributed by atoms with Crippen molar-refractivity contribution in [2.24, 2.45) is 5.92 Å². The zero-order valence-electron chi connectivity index (χ0n) is 14.4. The maximum atomic E-state index is 13.0. The van der Waals surface area contributed by atoms with Crippen LogP contribution in [0.5, 0.6) is 0 Å². The summed E-state index contributed by atoms with van der Waals surface area (Å²) in [5.74, 6) is -3.61. The molecule has 1 saturated carbocycles. The molecule has 8 heteroatoms. The van der Waals surface area contributed by atoms with E-state index in [1.807, 2.05) is 0 Å². The lowest BCUT2D eigenvalue weighted by Gasteiger charge is -2.41. The second-order valence-corrected chi connectivity index (χ2v) is 7.47. The molecule has 6 nitrogen and oxygen atoms in total. The summed E-state index contributed by atoms with van der Waals surface area (Å²) < 4.78 is 32.0. The van der Waals surface area contributed by atoms with E-state index in [1.54, 1.807) is 28.1 Å². The normalized spacial score (nSPS) is 28.2. The van der Waals surface area contributed by atoms with Crippen LogP contribution in [0.2, 0.25) is 0 Å². The van der Waals surface area contributed by atoms with Crippen molar-refractivity contribution in [3.8, 4) is 0 Å². The molecule has 4 rings (SSSR count). The van der Waals surface area contributed by atoms with Crippen LogP contribution in [-0.4, -0.2) is 70.9 Å². The van der Waals surface area contributed by atoms with Crippen LogP contribution < -0.4 is 0 Å². The summed E-state index contributed by atoms with van der Waals surface area (Å²) in [7, 11) is 0. The zero-order chi connectivity index (χ0) is 18.4. The molecule has 1 spiro atoms. The molecule has 0 N–H and O–H groups in total. The Kier molecular flexibility index (Phi) is 4.17. The number of hydrogen-bond donors (Lipinski definition) is 0. The number of likely N-dealkylation sites (tertiary alicyclic amines) is 1. The molecular weight excluding hydrogens is 344 g/mol. The summed E-state index contributed by atoms with van der Waals surface area (Å²) >= 11 is 0. The predicted molar refractivity (Wildman–Crippen MR) is 87.7 cm³/mol. The van der Waals surface area contributed by atoms with E-state index < -0.39 is 17.4 Å². The van der Waals surface area contributed by atoms with Gasteiger partial charge in [-0.25, -0.2) is 8.78 Å². The van der Waals surface area contributed by atoms with E-state index in [2.05, 4.69) is 4.98 Å². The highest BCUT2D eigenvalue weighted by Crippen LogP contribution is 2.44. The Hall–Kier alpha value is -2.09. The lowest BCUT2D eigenvalue weighted by molar-refractivity contribution is -0.160. The molecule has 0 bridgehead atoms. The number of rotatable bonds is 2. The van der Waals surface area contributed by atoms with Gasteiger partial charge in [-0.1, -0.05) is 0 Å². The number of hydrogen-bond acceptors (Lipinski definition) is 4. The highest BCUT2D eigenvalue weighted by molar-refractivity contribution is 5.94. The van der Waals surface area contributed by atoms with Crippen molar-refractivity contribution in [3.63, 3.8) is 0 Å². The molecule has 1 aromatic heterocycles. The first-order chi connectivity index (χ1) is 12.4. The molecule has 2 aliphatic heterocycles. The van der Waals surface area contributed by atoms with Gasteiger partial charge in [0.25, 0.3) is 5.91 Å². The van der Waals surface area contributed by atoms with Crippen LogP contribution >= 0.6 is 0 Å². The number of aromatic nitrogens is 1. The number of alkyl halides is 2. The Bertz CT molecular complexity index is 707. The first-order valence-corrected chi connectivity index (χ1v) is 8.87. The number of amides is 2. The van der Waals surface area contributed by atoms with Crippen molar-refractivity contribution in [2.45, 2.75) is 30.8 Å². The van der Waals surface area contributed by atoms with Gasteiger partial charge in [0.15, 0.2) is 0 Å². The summed E-state index contributed by atoms with van der Waals surface area (Å²) in [5, 5.41) is 0. The van der Waals surface area contributed by atoms with Crippen molar-refractivity contribution in [1.29, 1.82) is 0 Å². The van der Waals surface area contributed by atoms with Crippen LogP contribution in [0, 0.1) is 5.92 Å². The van der Waals surface area contributed by atoms with Crippen LogP contribution in [0.1, 0.15) is 29.6 Å². The lowest BCUT2D eigenvalue weighted by atomic mass is 9.80. The van der Waals surface area contributed by atoms with E-state index >= 15 is 0 Å². The van der Waals surface area contributed by atoms with Gasteiger partial charge in [0, 0.05) is 44.2 Å². The highest BCUT2D eigenvalue weighted by atomic mass is 19.3. The first kappa shape index (κ1) is 17.3. The van der Waals surface area contributed by atoms with Crippen molar-refractivity contribution in [2.75, 3.05) is 32.8 Å². The second kappa shape index (κ2) is 6.26. The number of nitrogens with zero attached hydrogens (tertiary/aromatic N) is 3. The predicted octanol–water partition coefficient (Wildman–Crippen LogP) is 1.57. The SMILES string of the molecule is O=C(c1cccnc1)N1CCOC2(CCN(C(=O)C3CC(F)(F)C3)C2)C1. The van der Waals surface area contributed by atoms with Gasteiger partial charge < -0.3 is 14.5 Å². The molecule has 0 aromatic carbocycles. The fraction of sp³-hybridized carbons (Fsp3) is 0.611. The summed E-state index contributed by atoms with van der Waals surface area (Å²) in [4.78, 5) is 32.4. The van der Waals surface area contributed by atoms with Crippen molar-refractivity contribution in [3.05, 3.63) is 30.1 Å². The van der Waals surface area contributed by atoms with Crippen molar-refractivity contribution >= 4 is 11.8 Å². The van der Waals surface area contributed by atoms with E-state index in [1.165, 1.54) is 6.20 Å². The quantitative estimate of drug-likeness (QED) is 0.798. The molecule has 3 fully saturated rings. The first-order valence-electron chi connectivity index (χ1n) is 8.87. The average molecular weight is 365 g/mol. The van der Waals surface area contributed by atoms with Crippen molar-refractivity contribution < 1.29 is 23.1 Å². The second-order valence-electron chi connectivity index (χ2n) is 7.47. The van der Waals surface area contributed by atoms with Gasteiger partial charge in [0.05, 0.1) is 25.3 Å². The van der Waals surface area contributed by atoms with Crippen LogP contribution in [0.4, 0.5) is 8.78 Å². The molecule has 3 heterocycles. The van der Waals surface area contributed by atoms with Gasteiger partial charge in [0.1, 0.15) is 5.60 Å². The molecule has 3 aliphatic rings. The third kappa shape index (κ3) is 3.18.